The number of rotatable bonds is 41. The van der Waals surface area contributed by atoms with Gasteiger partial charge in [-0.05, 0) is 77.0 Å². The van der Waals surface area contributed by atoms with E-state index in [1.165, 1.54) is 64.2 Å². The maximum Gasteiger partial charge on any atom is 0.306 e. The maximum atomic E-state index is 12.7. The van der Waals surface area contributed by atoms with Crippen molar-refractivity contribution in [1.29, 1.82) is 0 Å². The molecule has 2 atom stereocenters. The first-order valence-electron chi connectivity index (χ1n) is 23.3. The van der Waals surface area contributed by atoms with Gasteiger partial charge in [-0.15, -0.1) is 0 Å². The highest BCUT2D eigenvalue weighted by Crippen LogP contribution is 2.38. The third-order valence-corrected chi connectivity index (χ3v) is 10.4. The third-order valence-electron chi connectivity index (χ3n) is 9.41. The second-order valence-corrected chi connectivity index (χ2v) is 17.8. The Morgan fingerprint density at radius 3 is 1.48 bits per heavy atom. The van der Waals surface area contributed by atoms with E-state index < -0.39 is 32.5 Å². The molecule has 0 saturated carbocycles. The Morgan fingerprint density at radius 2 is 0.983 bits per heavy atom. The van der Waals surface area contributed by atoms with E-state index in [-0.39, 0.29) is 26.1 Å². The van der Waals surface area contributed by atoms with Crippen LogP contribution in [0.15, 0.2) is 85.1 Å². The van der Waals surface area contributed by atoms with Crippen molar-refractivity contribution < 1.29 is 42.1 Å². The van der Waals surface area contributed by atoms with Crippen LogP contribution in [0.5, 0.6) is 0 Å². The average molecular weight is 860 g/mol. The Bertz CT molecular complexity index is 1290. The number of quaternary nitrogens is 1. The minimum absolute atomic E-state index is 0.0470. The van der Waals surface area contributed by atoms with E-state index >= 15 is 0 Å². The number of hydrogen-bond acceptors (Lipinski definition) is 8. The molecule has 0 spiro atoms. The number of ether oxygens (including phenoxy) is 2. The Kier molecular flexibility index (Phi) is 39.6. The lowest BCUT2D eigenvalue weighted by molar-refractivity contribution is -0.870. The van der Waals surface area contributed by atoms with Gasteiger partial charge in [0.2, 0.25) is 0 Å². The summed E-state index contributed by atoms with van der Waals surface area (Å²) in [4.78, 5) is 37.6. The molecule has 0 fully saturated rings. The highest BCUT2D eigenvalue weighted by molar-refractivity contribution is 7.45. The van der Waals surface area contributed by atoms with E-state index in [9.17, 15) is 19.0 Å². The fraction of sp³-hybridized carbons (Fsp3) is 0.680. The van der Waals surface area contributed by atoms with Crippen LogP contribution in [0, 0.1) is 0 Å². The van der Waals surface area contributed by atoms with Gasteiger partial charge < -0.3 is 27.9 Å². The van der Waals surface area contributed by atoms with E-state index in [0.717, 1.165) is 64.2 Å². The van der Waals surface area contributed by atoms with Crippen molar-refractivity contribution in [3.05, 3.63) is 85.1 Å². The third kappa shape index (κ3) is 44.7. The summed E-state index contributed by atoms with van der Waals surface area (Å²) in [6.07, 6.45) is 53.4. The predicted octanol–water partition coefficient (Wildman–Crippen LogP) is 12.9. The van der Waals surface area contributed by atoms with Gasteiger partial charge in [0, 0.05) is 12.8 Å². The van der Waals surface area contributed by atoms with Crippen LogP contribution in [0.3, 0.4) is 0 Å². The number of hydrogen-bond donors (Lipinski definition) is 0. The van der Waals surface area contributed by atoms with E-state index in [1.54, 1.807) is 0 Å². The lowest BCUT2D eigenvalue weighted by atomic mass is 10.1. The Labute approximate surface area is 367 Å². The van der Waals surface area contributed by atoms with E-state index in [1.807, 2.05) is 33.3 Å². The van der Waals surface area contributed by atoms with Crippen molar-refractivity contribution in [1.82, 2.24) is 0 Å². The number of phosphoric ester groups is 1. The second kappa shape index (κ2) is 41.5. The molecular formula is C50H86NO8P. The first-order valence-corrected chi connectivity index (χ1v) is 24.8. The minimum atomic E-state index is -4.65. The summed E-state index contributed by atoms with van der Waals surface area (Å²) >= 11 is 0. The summed E-state index contributed by atoms with van der Waals surface area (Å²) in [5.41, 5.74) is 0. The fourth-order valence-corrected chi connectivity index (χ4v) is 6.52. The standard InChI is InChI=1S/C50H86NO8P/c1-6-8-10-12-14-16-18-20-22-24-25-27-28-30-32-34-36-38-40-42-49(52)56-46-48(47-58-60(54,55)57-45-44-51(3,4)5)59-50(53)43-41-39-37-35-33-31-29-26-23-21-19-17-15-13-11-9-7-2/h8,10,14,16,20-23,25,27,30,32,36,38,48H,6-7,9,11-13,15,17-19,24,26,28-29,31,33-35,37,39-47H2,1-5H3/b10-8-,16-14-,22-20-,23-21-,27-25-,32-30-,38-36-/t48-/m1/s1. The topological polar surface area (TPSA) is 111 Å². The quantitative estimate of drug-likeness (QED) is 0.0196. The summed E-state index contributed by atoms with van der Waals surface area (Å²) < 4.78 is 33.9. The molecule has 0 bridgehead atoms. The number of esters is 2. The van der Waals surface area contributed by atoms with Crippen molar-refractivity contribution in [3.63, 3.8) is 0 Å². The van der Waals surface area contributed by atoms with Crippen LogP contribution >= 0.6 is 7.82 Å². The van der Waals surface area contributed by atoms with Crippen molar-refractivity contribution in [2.45, 2.75) is 174 Å². The second-order valence-electron chi connectivity index (χ2n) is 16.4. The zero-order chi connectivity index (χ0) is 44.3. The van der Waals surface area contributed by atoms with Crippen LogP contribution in [0.4, 0.5) is 0 Å². The molecule has 9 nitrogen and oxygen atoms in total. The first-order chi connectivity index (χ1) is 29.0. The van der Waals surface area contributed by atoms with Gasteiger partial charge in [0.15, 0.2) is 6.10 Å². The van der Waals surface area contributed by atoms with E-state index in [0.29, 0.717) is 23.9 Å². The van der Waals surface area contributed by atoms with Gasteiger partial charge in [0.1, 0.15) is 19.8 Å². The summed E-state index contributed by atoms with van der Waals surface area (Å²) in [5, 5.41) is 0. The molecule has 0 N–H and O–H groups in total. The predicted molar refractivity (Wildman–Crippen MR) is 249 cm³/mol. The molecule has 0 aliphatic heterocycles. The zero-order valence-corrected chi connectivity index (χ0v) is 39.5. The van der Waals surface area contributed by atoms with Gasteiger partial charge in [-0.2, -0.15) is 0 Å². The molecule has 0 aliphatic rings. The van der Waals surface area contributed by atoms with Crippen LogP contribution < -0.4 is 4.89 Å². The smallest absolute Gasteiger partial charge is 0.306 e. The van der Waals surface area contributed by atoms with Crippen molar-refractivity contribution in [2.24, 2.45) is 0 Å². The lowest BCUT2D eigenvalue weighted by Gasteiger charge is -2.28. The molecule has 0 aliphatic carbocycles. The van der Waals surface area contributed by atoms with E-state index in [4.69, 9.17) is 18.5 Å². The molecule has 60 heavy (non-hydrogen) atoms. The summed E-state index contributed by atoms with van der Waals surface area (Å²) in [7, 11) is 1.11. The maximum absolute atomic E-state index is 12.7. The minimum Gasteiger partial charge on any atom is -0.756 e. The average Bonchev–Trinajstić information content (AvgIpc) is 3.20. The number of allylic oxidation sites excluding steroid dienone is 14. The fourth-order valence-electron chi connectivity index (χ4n) is 5.79. The van der Waals surface area contributed by atoms with Crippen LogP contribution in [0.2, 0.25) is 0 Å². The monoisotopic (exact) mass is 860 g/mol. The highest BCUT2D eigenvalue weighted by Gasteiger charge is 2.21. The summed E-state index contributed by atoms with van der Waals surface area (Å²) in [6, 6.07) is 0. The number of carbonyl (C=O) groups excluding carboxylic acids is 2. The van der Waals surface area contributed by atoms with Gasteiger partial charge in [0.25, 0.3) is 7.82 Å². The molecule has 0 saturated heterocycles. The highest BCUT2D eigenvalue weighted by atomic mass is 31.2. The molecule has 344 valence electrons. The Balaban J connectivity index is 4.46. The van der Waals surface area contributed by atoms with Gasteiger partial charge in [-0.1, -0.05) is 163 Å². The van der Waals surface area contributed by atoms with Crippen LogP contribution in [-0.2, 0) is 32.7 Å². The van der Waals surface area contributed by atoms with Crippen molar-refractivity contribution in [3.8, 4) is 0 Å². The number of carbonyl (C=O) groups is 2. The van der Waals surface area contributed by atoms with Crippen molar-refractivity contribution >= 4 is 19.8 Å². The summed E-state index contributed by atoms with van der Waals surface area (Å²) in [6.45, 7) is 4.01. The van der Waals surface area contributed by atoms with Crippen LogP contribution in [0.25, 0.3) is 0 Å². The zero-order valence-electron chi connectivity index (χ0n) is 38.6. The largest absolute Gasteiger partial charge is 0.756 e. The molecule has 10 heteroatoms. The van der Waals surface area contributed by atoms with Crippen molar-refractivity contribution in [2.75, 3.05) is 47.5 Å². The molecule has 0 aromatic heterocycles. The molecule has 1 unspecified atom stereocenters. The number of nitrogens with zero attached hydrogens (tertiary/aromatic N) is 1. The van der Waals surface area contributed by atoms with Crippen LogP contribution in [0.1, 0.15) is 168 Å². The van der Waals surface area contributed by atoms with E-state index in [2.05, 4.69) is 86.8 Å². The Hall–Kier alpha value is -2.81. The molecular weight excluding hydrogens is 774 g/mol. The van der Waals surface area contributed by atoms with Crippen LogP contribution in [-0.4, -0.2) is 70.0 Å². The molecule has 0 heterocycles. The first kappa shape index (κ1) is 57.2. The molecule has 0 radical (unpaired) electrons. The molecule has 0 amide bonds. The lowest BCUT2D eigenvalue weighted by Crippen LogP contribution is -2.37. The molecule has 0 aromatic carbocycles. The molecule has 0 rings (SSSR count). The van der Waals surface area contributed by atoms with Gasteiger partial charge in [-0.25, -0.2) is 0 Å². The number of likely N-dealkylation sites (N-methyl/N-ethyl adjacent to an activating group) is 1. The van der Waals surface area contributed by atoms with Gasteiger partial charge in [-0.3, -0.25) is 14.2 Å². The van der Waals surface area contributed by atoms with Gasteiger partial charge in [0.05, 0.1) is 27.7 Å². The number of unbranched alkanes of at least 4 members (excludes halogenated alkanes) is 13. The molecule has 0 aromatic rings. The number of phosphoric acid groups is 1. The Morgan fingerprint density at radius 1 is 0.533 bits per heavy atom. The summed E-state index contributed by atoms with van der Waals surface area (Å²) in [5.74, 6) is -0.943. The van der Waals surface area contributed by atoms with Gasteiger partial charge >= 0.3 is 11.9 Å². The normalized spacial score (nSPS) is 14.3. The SMILES string of the molecule is CC/C=C\C/C=C\C/C=C\C/C=C\C/C=C\C/C=C\CCC(=O)OC[C@H](COP(=O)([O-])OCC[N+](C)(C)C)OC(=O)CCCCCCCCC/C=C\CCCCCCCC.